The minimum absolute atomic E-state index is 0.135. The maximum absolute atomic E-state index is 12.8. The van der Waals surface area contributed by atoms with E-state index < -0.39 is 6.10 Å². The van der Waals surface area contributed by atoms with Gasteiger partial charge in [-0.3, -0.25) is 14.4 Å². The van der Waals surface area contributed by atoms with Gasteiger partial charge in [0.2, 0.25) is 0 Å². The quantitative estimate of drug-likeness (QED) is 0.0262. The molecule has 0 saturated heterocycles. The number of rotatable bonds is 46. The molecule has 0 rings (SSSR count). The molecule has 0 aromatic carbocycles. The Bertz CT molecular complexity index is 1480. The second-order valence-electron chi connectivity index (χ2n) is 17.0. The number of hydrogen-bond donors (Lipinski definition) is 0. The van der Waals surface area contributed by atoms with Crippen LogP contribution in [0.25, 0.3) is 0 Å². The molecule has 0 aliphatic carbocycles. The Balaban J connectivity index is 4.61. The van der Waals surface area contributed by atoms with Crippen LogP contribution in [0.2, 0.25) is 0 Å². The van der Waals surface area contributed by atoms with Gasteiger partial charge >= 0.3 is 17.9 Å². The van der Waals surface area contributed by atoms with E-state index in [4.69, 9.17) is 14.2 Å². The molecule has 0 aliphatic heterocycles. The molecule has 376 valence electrons. The fourth-order valence-corrected chi connectivity index (χ4v) is 6.62. The summed E-state index contributed by atoms with van der Waals surface area (Å²) in [5, 5.41) is 0. The number of esters is 3. The molecule has 0 aromatic rings. The second-order valence-corrected chi connectivity index (χ2v) is 17.0. The molecule has 0 amide bonds. The monoisotopic (exact) mass is 925 g/mol. The first-order valence-corrected chi connectivity index (χ1v) is 26.7. The van der Waals surface area contributed by atoms with Gasteiger partial charge in [-0.15, -0.1) is 0 Å². The molecule has 6 nitrogen and oxygen atoms in total. The summed E-state index contributed by atoms with van der Waals surface area (Å²) in [5.74, 6) is -1.07. The van der Waals surface area contributed by atoms with E-state index in [9.17, 15) is 14.4 Å². The Hall–Kier alpha value is -4.45. The maximum atomic E-state index is 12.8. The number of unbranched alkanes of at least 4 members (excludes halogenated alkanes) is 13. The summed E-state index contributed by atoms with van der Waals surface area (Å²) in [5.41, 5.74) is 0. The van der Waals surface area contributed by atoms with Crippen LogP contribution >= 0.6 is 0 Å². The summed E-state index contributed by atoms with van der Waals surface area (Å²) in [6.07, 6.45) is 75.8. The first-order chi connectivity index (χ1) is 33.0. The number of ether oxygens (including phenoxy) is 3. The molecule has 0 unspecified atom stereocenters. The zero-order valence-corrected chi connectivity index (χ0v) is 42.9. The van der Waals surface area contributed by atoms with Crippen LogP contribution < -0.4 is 0 Å². The number of hydrogen-bond acceptors (Lipinski definition) is 6. The topological polar surface area (TPSA) is 78.9 Å². The van der Waals surface area contributed by atoms with Gasteiger partial charge in [-0.2, -0.15) is 0 Å². The highest BCUT2D eigenvalue weighted by Crippen LogP contribution is 2.11. The maximum Gasteiger partial charge on any atom is 0.306 e. The van der Waals surface area contributed by atoms with Crippen LogP contribution in [0.4, 0.5) is 0 Å². The van der Waals surface area contributed by atoms with Crippen LogP contribution in [0.3, 0.4) is 0 Å². The van der Waals surface area contributed by atoms with Crippen molar-refractivity contribution in [1.82, 2.24) is 0 Å². The zero-order valence-electron chi connectivity index (χ0n) is 42.9. The molecular weight excluding hydrogens is 829 g/mol. The smallest absolute Gasteiger partial charge is 0.306 e. The molecule has 0 heterocycles. The molecular formula is C61H96O6. The summed E-state index contributed by atoms with van der Waals surface area (Å²) in [6, 6.07) is 0. The molecule has 0 saturated carbocycles. The summed E-state index contributed by atoms with van der Waals surface area (Å²) in [7, 11) is 0. The van der Waals surface area contributed by atoms with Gasteiger partial charge in [0.15, 0.2) is 6.10 Å². The Morgan fingerprint density at radius 1 is 0.313 bits per heavy atom. The second kappa shape index (κ2) is 54.2. The average molecular weight is 925 g/mol. The van der Waals surface area contributed by atoms with Crippen LogP contribution in [0.5, 0.6) is 0 Å². The lowest BCUT2D eigenvalue weighted by Crippen LogP contribution is -2.30. The molecule has 1 atom stereocenters. The highest BCUT2D eigenvalue weighted by molar-refractivity contribution is 5.71. The molecule has 0 spiro atoms. The fraction of sp³-hybridized carbons (Fsp3) is 0.590. The third-order valence-electron chi connectivity index (χ3n) is 10.6. The normalized spacial score (nSPS) is 13.2. The van der Waals surface area contributed by atoms with Gasteiger partial charge in [0, 0.05) is 19.3 Å². The fourth-order valence-electron chi connectivity index (χ4n) is 6.62. The Morgan fingerprint density at radius 2 is 0.597 bits per heavy atom. The van der Waals surface area contributed by atoms with E-state index in [-0.39, 0.29) is 50.4 Å². The SMILES string of the molecule is CC/C=C\C/C=C\C/C=C\C/C=C\C/C=C\CCCC(=O)OC[C@H](COC(=O)CCC/C=C\C/C=C\C/C=C\C/C=C\CCCCC)OC(=O)CCCCCCC/C=C\C/C=C\CCCCC. The van der Waals surface area contributed by atoms with Crippen molar-refractivity contribution in [3.8, 4) is 0 Å². The van der Waals surface area contributed by atoms with Crippen molar-refractivity contribution in [3.63, 3.8) is 0 Å². The largest absolute Gasteiger partial charge is 0.462 e. The lowest BCUT2D eigenvalue weighted by molar-refractivity contribution is -0.167. The number of allylic oxidation sites excluding steroid dienone is 22. The van der Waals surface area contributed by atoms with Crippen LogP contribution in [0.1, 0.15) is 213 Å². The Morgan fingerprint density at radius 3 is 0.955 bits per heavy atom. The molecule has 0 fully saturated rings. The number of carbonyl (C=O) groups excluding carboxylic acids is 3. The van der Waals surface area contributed by atoms with Crippen LogP contribution in [0.15, 0.2) is 134 Å². The molecule has 0 N–H and O–H groups in total. The first kappa shape index (κ1) is 62.5. The van der Waals surface area contributed by atoms with E-state index in [1.807, 2.05) is 0 Å². The van der Waals surface area contributed by atoms with Gasteiger partial charge in [0.1, 0.15) is 13.2 Å². The van der Waals surface area contributed by atoms with Crippen molar-refractivity contribution in [2.24, 2.45) is 0 Å². The highest BCUT2D eigenvalue weighted by atomic mass is 16.6. The molecule has 6 heteroatoms. The molecule has 0 aliphatic rings. The lowest BCUT2D eigenvalue weighted by Gasteiger charge is -2.18. The summed E-state index contributed by atoms with van der Waals surface area (Å²) >= 11 is 0. The number of carbonyl (C=O) groups is 3. The lowest BCUT2D eigenvalue weighted by atomic mass is 10.1. The van der Waals surface area contributed by atoms with Crippen LogP contribution in [-0.4, -0.2) is 37.2 Å². The van der Waals surface area contributed by atoms with Gasteiger partial charge in [0.25, 0.3) is 0 Å². The summed E-state index contributed by atoms with van der Waals surface area (Å²) in [4.78, 5) is 38.0. The van der Waals surface area contributed by atoms with Crippen LogP contribution in [-0.2, 0) is 28.6 Å². The van der Waals surface area contributed by atoms with E-state index >= 15 is 0 Å². The third kappa shape index (κ3) is 52.4. The molecule has 0 radical (unpaired) electrons. The predicted molar refractivity (Wildman–Crippen MR) is 288 cm³/mol. The highest BCUT2D eigenvalue weighted by Gasteiger charge is 2.19. The molecule has 0 aromatic heterocycles. The van der Waals surface area contributed by atoms with Crippen LogP contribution in [0, 0.1) is 0 Å². The van der Waals surface area contributed by atoms with Crippen molar-refractivity contribution in [1.29, 1.82) is 0 Å². The van der Waals surface area contributed by atoms with E-state index in [0.717, 1.165) is 109 Å². The first-order valence-electron chi connectivity index (χ1n) is 26.7. The third-order valence-corrected chi connectivity index (χ3v) is 10.6. The standard InChI is InChI=1S/C61H96O6/c1-4-7-10-13-16-19-22-25-28-30-33-35-38-41-44-47-50-53-59(62)65-56-58(67-61(64)55-52-49-46-43-40-37-32-27-24-21-18-15-12-9-6-3)57-66-60(63)54-51-48-45-42-39-36-34-31-29-26-23-20-17-14-11-8-5-2/h7,10,16-21,25-29,32-36,41-42,44-45,58H,4-6,8-9,11-15,22-24,30-31,37-40,43,46-57H2,1-3H3/b10-7-,19-16-,20-17-,21-18-,28-25-,29-26-,32-27-,35-33-,36-34-,44-41-,45-42-/t58-/m1/s1. The van der Waals surface area contributed by atoms with Crippen molar-refractivity contribution in [2.45, 2.75) is 219 Å². The van der Waals surface area contributed by atoms with Crippen molar-refractivity contribution < 1.29 is 28.6 Å². The molecule has 67 heavy (non-hydrogen) atoms. The van der Waals surface area contributed by atoms with Gasteiger partial charge in [-0.05, 0) is 128 Å². The van der Waals surface area contributed by atoms with E-state index in [0.29, 0.717) is 12.8 Å². The summed E-state index contributed by atoms with van der Waals surface area (Å²) in [6.45, 7) is 6.34. The predicted octanol–water partition coefficient (Wildman–Crippen LogP) is 17.9. The van der Waals surface area contributed by atoms with Gasteiger partial charge < -0.3 is 14.2 Å². The zero-order chi connectivity index (χ0) is 48.6. The minimum Gasteiger partial charge on any atom is -0.462 e. The van der Waals surface area contributed by atoms with Gasteiger partial charge in [-0.1, -0.05) is 199 Å². The minimum atomic E-state index is -0.835. The Kier molecular flexibility index (Phi) is 50.6. The average Bonchev–Trinajstić information content (AvgIpc) is 3.33. The van der Waals surface area contributed by atoms with Crippen molar-refractivity contribution in [3.05, 3.63) is 134 Å². The van der Waals surface area contributed by atoms with E-state index in [1.54, 1.807) is 0 Å². The molecule has 0 bridgehead atoms. The summed E-state index contributed by atoms with van der Waals surface area (Å²) < 4.78 is 16.7. The van der Waals surface area contributed by atoms with Crippen molar-refractivity contribution in [2.75, 3.05) is 13.2 Å². The van der Waals surface area contributed by atoms with E-state index in [2.05, 4.69) is 154 Å². The Labute approximate surface area is 411 Å². The van der Waals surface area contributed by atoms with E-state index in [1.165, 1.54) is 51.4 Å². The van der Waals surface area contributed by atoms with Gasteiger partial charge in [0.05, 0.1) is 0 Å². The van der Waals surface area contributed by atoms with Crippen molar-refractivity contribution >= 4 is 17.9 Å². The van der Waals surface area contributed by atoms with Gasteiger partial charge in [-0.25, -0.2) is 0 Å².